The highest BCUT2D eigenvalue weighted by molar-refractivity contribution is 5.60. The third kappa shape index (κ3) is 33.0. The quantitative estimate of drug-likeness (QED) is 0.0504. The summed E-state index contributed by atoms with van der Waals surface area (Å²) in [5.41, 5.74) is 0. The predicted molar refractivity (Wildman–Crippen MR) is 179 cm³/mol. The number of nitrogens with zero attached hydrogens (tertiary/aromatic N) is 1. The normalized spacial score (nSPS) is 12.6. The number of unbranched alkanes of at least 4 members (excludes halogenated alkanes) is 15. The summed E-state index contributed by atoms with van der Waals surface area (Å²) >= 11 is 0. The summed E-state index contributed by atoms with van der Waals surface area (Å²) in [6, 6.07) is 0. The number of ether oxygens (including phenoxy) is 2. The van der Waals surface area contributed by atoms with E-state index in [1.807, 2.05) is 0 Å². The van der Waals surface area contributed by atoms with Gasteiger partial charge in [0.1, 0.15) is 12.7 Å². The third-order valence-electron chi connectivity index (χ3n) is 7.58. The van der Waals surface area contributed by atoms with Crippen molar-refractivity contribution in [3.63, 3.8) is 0 Å². The number of allylic oxidation sites excluding steroid dienone is 4. The van der Waals surface area contributed by atoms with Crippen LogP contribution in [0.4, 0.5) is 4.79 Å². The molecule has 0 saturated heterocycles. The average Bonchev–Trinajstić information content (AvgIpc) is 2.95. The molecule has 0 aromatic heterocycles. The van der Waals surface area contributed by atoms with Crippen LogP contribution in [0, 0.1) is 0 Å². The second kappa shape index (κ2) is 33.2. The number of hydrogen-bond donors (Lipinski definition) is 1. The van der Waals surface area contributed by atoms with Gasteiger partial charge in [0, 0.05) is 6.54 Å². The smallest absolute Gasteiger partial charge is 0.433 e. The van der Waals surface area contributed by atoms with Crippen molar-refractivity contribution in [2.45, 2.75) is 161 Å². The van der Waals surface area contributed by atoms with Gasteiger partial charge in [0.15, 0.2) is 0 Å². The highest BCUT2D eigenvalue weighted by atomic mass is 16.7. The highest BCUT2D eigenvalue weighted by Gasteiger charge is 2.15. The minimum absolute atomic E-state index is 0.00592. The van der Waals surface area contributed by atoms with Crippen molar-refractivity contribution in [3.05, 3.63) is 24.3 Å². The van der Waals surface area contributed by atoms with Gasteiger partial charge in [-0.05, 0) is 91.4 Å². The maximum Gasteiger partial charge on any atom is 0.508 e. The lowest BCUT2D eigenvalue weighted by atomic mass is 10.0. The molecule has 0 aliphatic carbocycles. The van der Waals surface area contributed by atoms with E-state index in [1.165, 1.54) is 103 Å². The summed E-state index contributed by atoms with van der Waals surface area (Å²) in [7, 11) is 4.16. The Labute approximate surface area is 256 Å². The van der Waals surface area contributed by atoms with Crippen LogP contribution in [0.25, 0.3) is 0 Å². The highest BCUT2D eigenvalue weighted by Crippen LogP contribution is 2.18. The van der Waals surface area contributed by atoms with E-state index in [9.17, 15) is 4.79 Å². The van der Waals surface area contributed by atoms with E-state index in [4.69, 9.17) is 9.47 Å². The van der Waals surface area contributed by atoms with Gasteiger partial charge in [-0.15, -0.1) is 0 Å². The average molecular weight is 579 g/mol. The zero-order chi connectivity index (χ0) is 30.1. The SMILES string of the molecule is CCCCC/C=C\C/C=C\CCCCCCCC(CCCCCCCCCC)OC(=O)OCCNCCCN(C)C. The third-order valence-corrected chi connectivity index (χ3v) is 7.58. The number of nitrogens with one attached hydrogen (secondary N) is 1. The Morgan fingerprint density at radius 2 is 1.17 bits per heavy atom. The minimum Gasteiger partial charge on any atom is -0.433 e. The molecule has 0 aromatic rings. The minimum atomic E-state index is -0.493. The van der Waals surface area contributed by atoms with Gasteiger partial charge in [-0.25, -0.2) is 4.79 Å². The molecule has 1 atom stereocenters. The Morgan fingerprint density at radius 3 is 1.76 bits per heavy atom. The largest absolute Gasteiger partial charge is 0.508 e. The van der Waals surface area contributed by atoms with Crippen molar-refractivity contribution in [2.75, 3.05) is 40.3 Å². The second-order valence-electron chi connectivity index (χ2n) is 12.0. The fourth-order valence-corrected chi connectivity index (χ4v) is 4.97. The second-order valence-corrected chi connectivity index (χ2v) is 12.0. The molecule has 0 rings (SSSR count). The Morgan fingerprint density at radius 1 is 0.659 bits per heavy atom. The molecule has 0 heterocycles. The van der Waals surface area contributed by atoms with Gasteiger partial charge >= 0.3 is 6.16 Å². The maximum absolute atomic E-state index is 12.3. The van der Waals surface area contributed by atoms with Crippen molar-refractivity contribution < 1.29 is 14.3 Å². The Kier molecular flexibility index (Phi) is 32.1. The van der Waals surface area contributed by atoms with Gasteiger partial charge in [0.05, 0.1) is 0 Å². The molecule has 0 spiro atoms. The zero-order valence-corrected chi connectivity index (χ0v) is 27.9. The van der Waals surface area contributed by atoms with Gasteiger partial charge in [0.2, 0.25) is 0 Å². The van der Waals surface area contributed by atoms with E-state index >= 15 is 0 Å². The molecule has 0 aromatic carbocycles. The molecule has 0 saturated carbocycles. The fourth-order valence-electron chi connectivity index (χ4n) is 4.97. The van der Waals surface area contributed by atoms with Crippen LogP contribution < -0.4 is 5.32 Å². The van der Waals surface area contributed by atoms with Gasteiger partial charge in [0.25, 0.3) is 0 Å². The Hall–Kier alpha value is -1.33. The topological polar surface area (TPSA) is 50.8 Å². The summed E-state index contributed by atoms with van der Waals surface area (Å²) < 4.78 is 11.1. The molecule has 0 amide bonds. The molecule has 1 unspecified atom stereocenters. The van der Waals surface area contributed by atoms with E-state index in [0.29, 0.717) is 13.2 Å². The standard InChI is InChI=1S/C36H70N2O3/c1-5-7-9-11-13-15-16-17-18-19-20-21-23-25-27-30-35(29-26-24-22-14-12-10-8-6-2)41-36(39)40-34-32-37-31-28-33-38(3)4/h13,15,17-18,35,37H,5-12,14,16,19-34H2,1-4H3/b15-13-,18-17-. The summed E-state index contributed by atoms with van der Waals surface area (Å²) in [6.07, 6.45) is 35.8. The van der Waals surface area contributed by atoms with Crippen LogP contribution in [-0.2, 0) is 9.47 Å². The van der Waals surface area contributed by atoms with E-state index in [-0.39, 0.29) is 6.10 Å². The lowest BCUT2D eigenvalue weighted by Crippen LogP contribution is -2.26. The summed E-state index contributed by atoms with van der Waals surface area (Å²) in [6.45, 7) is 7.56. The molecule has 41 heavy (non-hydrogen) atoms. The Bertz CT molecular complexity index is 591. The van der Waals surface area contributed by atoms with Crippen molar-refractivity contribution in [2.24, 2.45) is 0 Å². The molecule has 1 N–H and O–H groups in total. The molecule has 0 fully saturated rings. The first-order valence-electron chi connectivity index (χ1n) is 17.6. The van der Waals surface area contributed by atoms with E-state index in [2.05, 4.69) is 62.5 Å². The first-order valence-corrected chi connectivity index (χ1v) is 17.6. The number of carbonyl (C=O) groups is 1. The number of hydrogen-bond acceptors (Lipinski definition) is 5. The van der Waals surface area contributed by atoms with E-state index in [1.54, 1.807) is 0 Å². The van der Waals surface area contributed by atoms with Crippen LogP contribution in [0.15, 0.2) is 24.3 Å². The molecule has 5 heteroatoms. The maximum atomic E-state index is 12.3. The fraction of sp³-hybridized carbons (Fsp3) is 0.861. The van der Waals surface area contributed by atoms with Crippen molar-refractivity contribution in [1.82, 2.24) is 10.2 Å². The number of carbonyl (C=O) groups excluding carboxylic acids is 1. The number of rotatable bonds is 31. The molecule has 0 aliphatic heterocycles. The van der Waals surface area contributed by atoms with Crippen LogP contribution >= 0.6 is 0 Å². The van der Waals surface area contributed by atoms with Gasteiger partial charge in [-0.3, -0.25) is 0 Å². The molecule has 0 bridgehead atoms. The lowest BCUT2D eigenvalue weighted by molar-refractivity contribution is 0.0168. The summed E-state index contributed by atoms with van der Waals surface area (Å²) in [5, 5.41) is 3.33. The first kappa shape index (κ1) is 39.7. The van der Waals surface area contributed by atoms with E-state index in [0.717, 1.165) is 51.6 Å². The lowest BCUT2D eigenvalue weighted by Gasteiger charge is -2.18. The molecule has 0 radical (unpaired) electrons. The predicted octanol–water partition coefficient (Wildman–Crippen LogP) is 10.4. The molecular weight excluding hydrogens is 508 g/mol. The van der Waals surface area contributed by atoms with Gasteiger partial charge in [-0.2, -0.15) is 0 Å². The van der Waals surface area contributed by atoms with Crippen molar-refractivity contribution in [1.29, 1.82) is 0 Å². The Balaban J connectivity index is 4.08. The van der Waals surface area contributed by atoms with Crippen LogP contribution in [0.3, 0.4) is 0 Å². The van der Waals surface area contributed by atoms with Gasteiger partial charge < -0.3 is 19.7 Å². The van der Waals surface area contributed by atoms with Crippen LogP contribution in [0.1, 0.15) is 155 Å². The summed E-state index contributed by atoms with van der Waals surface area (Å²) in [5.74, 6) is 0. The molecule has 242 valence electrons. The zero-order valence-electron chi connectivity index (χ0n) is 27.9. The molecule has 5 nitrogen and oxygen atoms in total. The van der Waals surface area contributed by atoms with Crippen LogP contribution in [0.5, 0.6) is 0 Å². The van der Waals surface area contributed by atoms with Gasteiger partial charge in [-0.1, -0.05) is 115 Å². The molecular formula is C36H70N2O3. The van der Waals surface area contributed by atoms with Crippen LogP contribution in [-0.4, -0.2) is 57.5 Å². The van der Waals surface area contributed by atoms with Crippen molar-refractivity contribution >= 4 is 6.16 Å². The van der Waals surface area contributed by atoms with Crippen LogP contribution in [0.2, 0.25) is 0 Å². The first-order chi connectivity index (χ1) is 20.1. The van der Waals surface area contributed by atoms with Crippen molar-refractivity contribution in [3.8, 4) is 0 Å². The van der Waals surface area contributed by atoms with E-state index < -0.39 is 6.16 Å². The monoisotopic (exact) mass is 579 g/mol. The summed E-state index contributed by atoms with van der Waals surface area (Å²) in [4.78, 5) is 14.5. The molecule has 0 aliphatic rings.